The Labute approximate surface area is 118 Å². The predicted octanol–water partition coefficient (Wildman–Crippen LogP) is 3.39. The fourth-order valence-electron chi connectivity index (χ4n) is 2.30. The molecule has 1 N–H and O–H groups in total. The van der Waals surface area contributed by atoms with Crippen molar-refractivity contribution in [3.8, 4) is 0 Å². The zero-order chi connectivity index (χ0) is 13.5. The van der Waals surface area contributed by atoms with E-state index in [2.05, 4.69) is 32.6 Å². The van der Waals surface area contributed by atoms with Crippen LogP contribution < -0.4 is 5.32 Å². The van der Waals surface area contributed by atoms with Crippen molar-refractivity contribution in [1.82, 2.24) is 19.6 Å². The van der Waals surface area contributed by atoms with Gasteiger partial charge in [0.1, 0.15) is 11.6 Å². The highest BCUT2D eigenvalue weighted by Crippen LogP contribution is 2.27. The van der Waals surface area contributed by atoms with Crippen LogP contribution in [-0.4, -0.2) is 19.6 Å². The molecule has 0 saturated carbocycles. The number of nitrogens with one attached hydrogen (secondary N) is 1. The highest BCUT2D eigenvalue weighted by Gasteiger charge is 2.11. The van der Waals surface area contributed by atoms with Crippen LogP contribution in [0.2, 0.25) is 0 Å². The van der Waals surface area contributed by atoms with Crippen molar-refractivity contribution < 1.29 is 0 Å². The number of aryl methyl sites for hydroxylation is 1. The van der Waals surface area contributed by atoms with Gasteiger partial charge >= 0.3 is 0 Å². The SMILES string of the molecule is Cc1nnc2nc(Nc3cccs3)c3ccccc3n12. The first-order chi connectivity index (χ1) is 9.83. The molecule has 0 amide bonds. The van der Waals surface area contributed by atoms with Crippen molar-refractivity contribution in [1.29, 1.82) is 0 Å². The second-order valence-corrected chi connectivity index (χ2v) is 5.41. The number of fused-ring (bicyclic) bond motifs is 3. The average Bonchev–Trinajstić information content (AvgIpc) is 3.09. The van der Waals surface area contributed by atoms with Crippen LogP contribution >= 0.6 is 11.3 Å². The lowest BCUT2D eigenvalue weighted by atomic mass is 10.2. The summed E-state index contributed by atoms with van der Waals surface area (Å²) >= 11 is 1.64. The van der Waals surface area contributed by atoms with Crippen LogP contribution in [0.4, 0.5) is 10.8 Å². The quantitative estimate of drug-likeness (QED) is 0.612. The molecule has 0 aliphatic carbocycles. The highest BCUT2D eigenvalue weighted by atomic mass is 32.1. The molecular weight excluding hydrogens is 270 g/mol. The van der Waals surface area contributed by atoms with Crippen LogP contribution in [0.1, 0.15) is 5.82 Å². The molecular formula is C14H11N5S. The van der Waals surface area contributed by atoms with Gasteiger partial charge in [-0.05, 0) is 36.6 Å². The van der Waals surface area contributed by atoms with Crippen molar-refractivity contribution in [3.05, 3.63) is 47.6 Å². The van der Waals surface area contributed by atoms with Crippen LogP contribution in [0.15, 0.2) is 41.8 Å². The molecule has 98 valence electrons. The summed E-state index contributed by atoms with van der Waals surface area (Å²) in [6, 6.07) is 12.2. The van der Waals surface area contributed by atoms with Crippen molar-refractivity contribution in [2.24, 2.45) is 0 Å². The van der Waals surface area contributed by atoms with E-state index in [9.17, 15) is 0 Å². The minimum absolute atomic E-state index is 0.611. The highest BCUT2D eigenvalue weighted by molar-refractivity contribution is 7.14. The molecule has 0 spiro atoms. The monoisotopic (exact) mass is 281 g/mol. The largest absolute Gasteiger partial charge is 0.331 e. The standard InChI is InChI=1S/C14H11N5S/c1-9-17-18-14-16-13(15-12-7-4-8-20-12)10-5-2-3-6-11(10)19(9)14/h2-8H,1H3,(H,15,16,18). The average molecular weight is 281 g/mol. The molecule has 0 aliphatic heterocycles. The molecule has 0 atom stereocenters. The molecule has 0 bridgehead atoms. The Morgan fingerprint density at radius 3 is 2.85 bits per heavy atom. The molecule has 0 unspecified atom stereocenters. The molecule has 0 saturated heterocycles. The summed E-state index contributed by atoms with van der Waals surface area (Å²) in [5, 5.41) is 15.7. The van der Waals surface area contributed by atoms with Gasteiger partial charge in [-0.1, -0.05) is 12.1 Å². The van der Waals surface area contributed by atoms with Crippen LogP contribution in [0.25, 0.3) is 16.7 Å². The smallest absolute Gasteiger partial charge is 0.257 e. The molecule has 20 heavy (non-hydrogen) atoms. The third-order valence-corrected chi connectivity index (χ3v) is 3.97. The van der Waals surface area contributed by atoms with Crippen LogP contribution in [0, 0.1) is 6.92 Å². The maximum atomic E-state index is 4.58. The lowest BCUT2D eigenvalue weighted by Crippen LogP contribution is -1.99. The first kappa shape index (κ1) is 11.4. The minimum Gasteiger partial charge on any atom is -0.331 e. The number of anilines is 2. The zero-order valence-corrected chi connectivity index (χ0v) is 11.6. The van der Waals surface area contributed by atoms with Gasteiger partial charge in [-0.25, -0.2) is 0 Å². The molecule has 6 heteroatoms. The van der Waals surface area contributed by atoms with Gasteiger partial charge in [0.2, 0.25) is 0 Å². The van der Waals surface area contributed by atoms with E-state index in [-0.39, 0.29) is 0 Å². The second-order valence-electron chi connectivity index (χ2n) is 4.46. The van der Waals surface area contributed by atoms with Crippen molar-refractivity contribution in [2.75, 3.05) is 5.32 Å². The number of hydrogen-bond acceptors (Lipinski definition) is 5. The van der Waals surface area contributed by atoms with Gasteiger partial charge in [-0.15, -0.1) is 21.5 Å². The summed E-state index contributed by atoms with van der Waals surface area (Å²) in [5.74, 6) is 2.26. The minimum atomic E-state index is 0.611. The summed E-state index contributed by atoms with van der Waals surface area (Å²) in [7, 11) is 0. The lowest BCUT2D eigenvalue weighted by Gasteiger charge is -2.09. The molecule has 3 aromatic heterocycles. The number of rotatable bonds is 2. The molecule has 5 nitrogen and oxygen atoms in total. The third kappa shape index (κ3) is 1.65. The fourth-order valence-corrected chi connectivity index (χ4v) is 2.91. The van der Waals surface area contributed by atoms with Gasteiger partial charge in [0.25, 0.3) is 5.78 Å². The maximum Gasteiger partial charge on any atom is 0.257 e. The normalized spacial score (nSPS) is 11.2. The Hall–Kier alpha value is -2.47. The van der Waals surface area contributed by atoms with E-state index < -0.39 is 0 Å². The Balaban J connectivity index is 2.03. The topological polar surface area (TPSA) is 55.1 Å². The molecule has 3 heterocycles. The summed E-state index contributed by atoms with van der Waals surface area (Å²) in [5.41, 5.74) is 1.05. The Morgan fingerprint density at radius 1 is 1.10 bits per heavy atom. The molecule has 0 radical (unpaired) electrons. The van der Waals surface area contributed by atoms with Gasteiger partial charge in [0, 0.05) is 5.39 Å². The van der Waals surface area contributed by atoms with E-state index in [1.54, 1.807) is 11.3 Å². The van der Waals surface area contributed by atoms with Gasteiger partial charge in [0.15, 0.2) is 0 Å². The van der Waals surface area contributed by atoms with E-state index in [4.69, 9.17) is 0 Å². The van der Waals surface area contributed by atoms with Crippen LogP contribution in [0.5, 0.6) is 0 Å². The molecule has 0 fully saturated rings. The Kier molecular flexibility index (Phi) is 2.43. The van der Waals surface area contributed by atoms with Gasteiger partial charge in [-0.3, -0.25) is 4.40 Å². The first-order valence-corrected chi connectivity index (χ1v) is 7.12. The van der Waals surface area contributed by atoms with E-state index in [1.165, 1.54) is 0 Å². The number of hydrogen-bond donors (Lipinski definition) is 1. The van der Waals surface area contributed by atoms with Crippen LogP contribution in [-0.2, 0) is 0 Å². The number of benzene rings is 1. The molecule has 0 aliphatic rings. The summed E-state index contributed by atoms with van der Waals surface area (Å²) < 4.78 is 1.97. The summed E-state index contributed by atoms with van der Waals surface area (Å²) in [6.07, 6.45) is 0. The molecule has 1 aromatic carbocycles. The van der Waals surface area contributed by atoms with Gasteiger partial charge in [0.05, 0.1) is 10.5 Å². The van der Waals surface area contributed by atoms with Crippen molar-refractivity contribution in [2.45, 2.75) is 6.92 Å². The maximum absolute atomic E-state index is 4.58. The summed E-state index contributed by atoms with van der Waals surface area (Å²) in [4.78, 5) is 4.58. The molecule has 4 rings (SSSR count). The Bertz CT molecular complexity index is 895. The van der Waals surface area contributed by atoms with E-state index >= 15 is 0 Å². The fraction of sp³-hybridized carbons (Fsp3) is 0.0714. The second kappa shape index (κ2) is 4.28. The van der Waals surface area contributed by atoms with Gasteiger partial charge < -0.3 is 5.32 Å². The number of para-hydroxylation sites is 1. The predicted molar refractivity (Wildman–Crippen MR) is 80.6 cm³/mol. The number of aromatic nitrogens is 4. The van der Waals surface area contributed by atoms with Gasteiger partial charge in [-0.2, -0.15) is 4.98 Å². The number of thiophene rings is 1. The van der Waals surface area contributed by atoms with Crippen LogP contribution in [0.3, 0.4) is 0 Å². The van der Waals surface area contributed by atoms with E-state index in [0.717, 1.165) is 27.5 Å². The Morgan fingerprint density at radius 2 is 2.00 bits per heavy atom. The lowest BCUT2D eigenvalue weighted by molar-refractivity contribution is 1.02. The molecule has 4 aromatic rings. The first-order valence-electron chi connectivity index (χ1n) is 6.24. The summed E-state index contributed by atoms with van der Waals surface area (Å²) in [6.45, 7) is 1.93. The zero-order valence-electron chi connectivity index (χ0n) is 10.7. The van der Waals surface area contributed by atoms with Crippen molar-refractivity contribution in [3.63, 3.8) is 0 Å². The third-order valence-electron chi connectivity index (χ3n) is 3.18. The van der Waals surface area contributed by atoms with Crippen molar-refractivity contribution >= 4 is 38.8 Å². The van der Waals surface area contributed by atoms with E-state index in [1.807, 2.05) is 41.0 Å². The van der Waals surface area contributed by atoms with E-state index in [0.29, 0.717) is 5.78 Å². The number of nitrogens with zero attached hydrogens (tertiary/aromatic N) is 4.